The highest BCUT2D eigenvalue weighted by molar-refractivity contribution is 5.92. The third kappa shape index (κ3) is 3.43. The van der Waals surface area contributed by atoms with Crippen LogP contribution >= 0.6 is 0 Å². The molecular formula is C12H22N2O3. The Hall–Kier alpha value is -1.10. The maximum absolute atomic E-state index is 11.8. The van der Waals surface area contributed by atoms with E-state index >= 15 is 0 Å². The Morgan fingerprint density at radius 3 is 2.24 bits per heavy atom. The molecule has 5 nitrogen and oxygen atoms in total. The van der Waals surface area contributed by atoms with E-state index in [0.29, 0.717) is 6.54 Å². The lowest BCUT2D eigenvalue weighted by Gasteiger charge is -2.35. The van der Waals surface area contributed by atoms with Gasteiger partial charge in [-0.1, -0.05) is 20.3 Å². The molecule has 0 radical (unpaired) electrons. The average Bonchev–Trinajstić information content (AvgIpc) is 2.32. The molecule has 0 saturated carbocycles. The topological polar surface area (TPSA) is 60.9 Å². The van der Waals surface area contributed by atoms with Gasteiger partial charge in [0.1, 0.15) is 0 Å². The molecule has 2 atom stereocenters. The second-order valence-electron chi connectivity index (χ2n) is 4.64. The summed E-state index contributed by atoms with van der Waals surface area (Å²) in [4.78, 5) is 26.4. The zero-order valence-corrected chi connectivity index (χ0v) is 10.8. The number of aliphatic hydroxyl groups excluding tert-OH is 1. The van der Waals surface area contributed by atoms with E-state index in [2.05, 4.69) is 0 Å². The number of hydrogen-bond donors (Lipinski definition) is 1. The van der Waals surface area contributed by atoms with Crippen LogP contribution < -0.4 is 0 Å². The van der Waals surface area contributed by atoms with Crippen LogP contribution in [0.4, 0.5) is 0 Å². The number of nitrogens with zero attached hydrogens (tertiary/aromatic N) is 2. The Kier molecular flexibility index (Phi) is 4.93. The minimum absolute atomic E-state index is 0.0385. The van der Waals surface area contributed by atoms with E-state index in [1.807, 2.05) is 20.8 Å². The minimum Gasteiger partial charge on any atom is -0.391 e. The van der Waals surface area contributed by atoms with Gasteiger partial charge in [-0.2, -0.15) is 0 Å². The van der Waals surface area contributed by atoms with Gasteiger partial charge in [0.15, 0.2) is 0 Å². The summed E-state index contributed by atoms with van der Waals surface area (Å²) < 4.78 is 0. The Labute approximate surface area is 102 Å². The molecule has 98 valence electrons. The number of carbonyl (C=O) groups is 2. The van der Waals surface area contributed by atoms with Crippen molar-refractivity contribution in [2.75, 3.05) is 26.2 Å². The predicted octanol–water partition coefficient (Wildman–Crippen LogP) is 0.0841. The van der Waals surface area contributed by atoms with Crippen LogP contribution in [0, 0.1) is 5.92 Å². The van der Waals surface area contributed by atoms with Gasteiger partial charge in [0, 0.05) is 13.1 Å². The molecule has 0 aromatic rings. The highest BCUT2D eigenvalue weighted by Gasteiger charge is 2.30. The normalized spacial score (nSPS) is 20.7. The van der Waals surface area contributed by atoms with Gasteiger partial charge in [0.25, 0.3) is 0 Å². The quantitative estimate of drug-likeness (QED) is 0.743. The molecule has 1 N–H and O–H groups in total. The Bertz CT molecular complexity index is 293. The molecule has 2 unspecified atom stereocenters. The molecule has 0 aliphatic carbocycles. The summed E-state index contributed by atoms with van der Waals surface area (Å²) >= 11 is 0. The number of β-amino-alcohol motifs (C(OH)–C–C–N with tert-alkyl or cyclic N) is 1. The van der Waals surface area contributed by atoms with Gasteiger partial charge in [-0.15, -0.1) is 0 Å². The van der Waals surface area contributed by atoms with Crippen molar-refractivity contribution in [2.24, 2.45) is 5.92 Å². The molecule has 0 spiro atoms. The summed E-state index contributed by atoms with van der Waals surface area (Å²) in [6.45, 7) is 6.86. The largest absolute Gasteiger partial charge is 0.391 e. The molecule has 1 fully saturated rings. The zero-order chi connectivity index (χ0) is 13.0. The molecule has 2 amide bonds. The molecule has 1 saturated heterocycles. The minimum atomic E-state index is -0.551. The van der Waals surface area contributed by atoms with E-state index in [4.69, 9.17) is 0 Å². The first kappa shape index (κ1) is 14.0. The fraction of sp³-hybridized carbons (Fsp3) is 0.833. The molecule has 0 aromatic carbocycles. The molecule has 0 aromatic heterocycles. The molecule has 17 heavy (non-hydrogen) atoms. The average molecular weight is 242 g/mol. The van der Waals surface area contributed by atoms with E-state index in [9.17, 15) is 14.7 Å². The lowest BCUT2D eigenvalue weighted by Crippen LogP contribution is -2.55. The second kappa shape index (κ2) is 6.00. The molecule has 1 heterocycles. The first-order chi connectivity index (χ1) is 7.99. The van der Waals surface area contributed by atoms with E-state index in [0.717, 1.165) is 6.42 Å². The third-order valence-electron chi connectivity index (χ3n) is 3.45. The lowest BCUT2D eigenvalue weighted by molar-refractivity contribution is -0.151. The first-order valence-electron chi connectivity index (χ1n) is 6.23. The number of piperazine rings is 1. The van der Waals surface area contributed by atoms with Crippen molar-refractivity contribution in [3.8, 4) is 0 Å². The lowest BCUT2D eigenvalue weighted by atomic mass is 10.0. The summed E-state index contributed by atoms with van der Waals surface area (Å²) in [7, 11) is 0. The highest BCUT2D eigenvalue weighted by atomic mass is 16.3. The summed E-state index contributed by atoms with van der Waals surface area (Å²) in [6, 6.07) is 0. The molecule has 1 rings (SSSR count). The van der Waals surface area contributed by atoms with Crippen LogP contribution in [-0.4, -0.2) is 59.0 Å². The SMILES string of the molecule is CCC(C)C(O)CN1CC(=O)N(CC)CC1=O. The van der Waals surface area contributed by atoms with Crippen LogP contribution in [0.2, 0.25) is 0 Å². The van der Waals surface area contributed by atoms with E-state index in [1.165, 1.54) is 9.80 Å². The summed E-state index contributed by atoms with van der Waals surface area (Å²) in [6.07, 6.45) is 0.308. The van der Waals surface area contributed by atoms with Gasteiger partial charge in [-0.05, 0) is 12.8 Å². The summed E-state index contributed by atoms with van der Waals surface area (Å²) in [5.41, 5.74) is 0. The molecule has 1 aliphatic heterocycles. The number of likely N-dealkylation sites (N-methyl/N-ethyl adjacent to an activating group) is 1. The number of carbonyl (C=O) groups excluding carboxylic acids is 2. The Balaban J connectivity index is 2.55. The van der Waals surface area contributed by atoms with E-state index in [-0.39, 0.29) is 37.4 Å². The number of hydrogen-bond acceptors (Lipinski definition) is 3. The second-order valence-corrected chi connectivity index (χ2v) is 4.64. The molecular weight excluding hydrogens is 220 g/mol. The highest BCUT2D eigenvalue weighted by Crippen LogP contribution is 2.11. The van der Waals surface area contributed by atoms with Crippen molar-refractivity contribution in [3.05, 3.63) is 0 Å². The van der Waals surface area contributed by atoms with Crippen LogP contribution in [0.1, 0.15) is 27.2 Å². The number of rotatable bonds is 5. The number of aliphatic hydroxyl groups is 1. The maximum Gasteiger partial charge on any atom is 0.242 e. The third-order valence-corrected chi connectivity index (χ3v) is 3.45. The van der Waals surface area contributed by atoms with Crippen LogP contribution in [-0.2, 0) is 9.59 Å². The Morgan fingerprint density at radius 2 is 1.71 bits per heavy atom. The standard InChI is InChI=1S/C12H22N2O3/c1-4-9(3)10(15)6-14-8-11(16)13(5-2)7-12(14)17/h9-10,15H,4-8H2,1-3H3. The molecule has 1 aliphatic rings. The van der Waals surface area contributed by atoms with Gasteiger partial charge in [0.05, 0.1) is 19.2 Å². The van der Waals surface area contributed by atoms with Gasteiger partial charge in [0.2, 0.25) is 11.8 Å². The fourth-order valence-electron chi connectivity index (χ4n) is 1.84. The van der Waals surface area contributed by atoms with Crippen LogP contribution in [0.25, 0.3) is 0 Å². The van der Waals surface area contributed by atoms with E-state index in [1.54, 1.807) is 0 Å². The summed E-state index contributed by atoms with van der Waals surface area (Å²) in [5, 5.41) is 9.88. The van der Waals surface area contributed by atoms with Crippen molar-refractivity contribution in [1.29, 1.82) is 0 Å². The first-order valence-corrected chi connectivity index (χ1v) is 6.23. The number of amides is 2. The van der Waals surface area contributed by atoms with Gasteiger partial charge >= 0.3 is 0 Å². The van der Waals surface area contributed by atoms with Crippen molar-refractivity contribution in [1.82, 2.24) is 9.80 Å². The molecule has 5 heteroatoms. The van der Waals surface area contributed by atoms with Crippen LogP contribution in [0.3, 0.4) is 0 Å². The van der Waals surface area contributed by atoms with Crippen molar-refractivity contribution < 1.29 is 14.7 Å². The zero-order valence-electron chi connectivity index (χ0n) is 10.8. The van der Waals surface area contributed by atoms with E-state index < -0.39 is 6.10 Å². The van der Waals surface area contributed by atoms with Crippen LogP contribution in [0.5, 0.6) is 0 Å². The maximum atomic E-state index is 11.8. The van der Waals surface area contributed by atoms with Crippen molar-refractivity contribution in [3.63, 3.8) is 0 Å². The Morgan fingerprint density at radius 1 is 1.18 bits per heavy atom. The van der Waals surface area contributed by atoms with Crippen molar-refractivity contribution >= 4 is 11.8 Å². The summed E-state index contributed by atoms with van der Waals surface area (Å²) in [5.74, 6) is 0.0272. The molecule has 0 bridgehead atoms. The van der Waals surface area contributed by atoms with Gasteiger partial charge < -0.3 is 14.9 Å². The van der Waals surface area contributed by atoms with Crippen LogP contribution in [0.15, 0.2) is 0 Å². The predicted molar refractivity (Wildman–Crippen MR) is 64.3 cm³/mol. The monoisotopic (exact) mass is 242 g/mol. The smallest absolute Gasteiger partial charge is 0.242 e. The fourth-order valence-corrected chi connectivity index (χ4v) is 1.84. The van der Waals surface area contributed by atoms with Crippen molar-refractivity contribution in [2.45, 2.75) is 33.3 Å². The van der Waals surface area contributed by atoms with Gasteiger partial charge in [-0.3, -0.25) is 9.59 Å². The van der Waals surface area contributed by atoms with Gasteiger partial charge in [-0.25, -0.2) is 0 Å².